The number of fused-ring (bicyclic) bond motifs is 1. The van der Waals surface area contributed by atoms with Crippen molar-refractivity contribution in [2.45, 2.75) is 4.90 Å². The molecule has 2 rings (SSSR count). The van der Waals surface area contributed by atoms with E-state index in [0.717, 1.165) is 22.1 Å². The van der Waals surface area contributed by atoms with Crippen LogP contribution in [0, 0.1) is 0 Å². The number of hydrogen-bond acceptors (Lipinski definition) is 3. The number of aldehydes is 1. The fraction of sp³-hybridized carbons (Fsp3) is 0.182. The Morgan fingerprint density at radius 2 is 2.20 bits per heavy atom. The molecular formula is C11H12N2OS. The molecule has 0 aliphatic heterocycles. The Hall–Kier alpha value is -1.26. The molecule has 78 valence electrons. The molecular weight excluding hydrogens is 208 g/mol. The third-order valence-corrected chi connectivity index (χ3v) is 2.93. The van der Waals surface area contributed by atoms with Gasteiger partial charge in [-0.25, -0.2) is 0 Å². The van der Waals surface area contributed by atoms with E-state index in [0.29, 0.717) is 5.56 Å². The van der Waals surface area contributed by atoms with Crippen molar-refractivity contribution in [2.75, 3.05) is 14.1 Å². The number of nitrogens with zero attached hydrogens (tertiary/aromatic N) is 1. The summed E-state index contributed by atoms with van der Waals surface area (Å²) >= 11 is 1.66. The maximum atomic E-state index is 10.7. The number of H-pyrrole nitrogens is 1. The first-order valence-corrected chi connectivity index (χ1v) is 5.39. The van der Waals surface area contributed by atoms with Crippen molar-refractivity contribution in [1.82, 2.24) is 9.29 Å². The summed E-state index contributed by atoms with van der Waals surface area (Å²) in [5, 5.41) is 0.980. The number of nitrogens with one attached hydrogen (secondary N) is 1. The molecule has 1 aromatic heterocycles. The van der Waals surface area contributed by atoms with E-state index in [1.807, 2.05) is 36.6 Å². The molecule has 0 aliphatic carbocycles. The summed E-state index contributed by atoms with van der Waals surface area (Å²) in [6.07, 6.45) is 2.61. The molecule has 0 atom stereocenters. The second kappa shape index (κ2) is 4.08. The highest BCUT2D eigenvalue weighted by atomic mass is 32.2. The Kier molecular flexibility index (Phi) is 2.79. The smallest absolute Gasteiger partial charge is 0.152 e. The van der Waals surface area contributed by atoms with E-state index in [2.05, 4.69) is 4.98 Å². The highest BCUT2D eigenvalue weighted by Gasteiger charge is 2.04. The first kappa shape index (κ1) is 10.3. The van der Waals surface area contributed by atoms with E-state index in [1.165, 1.54) is 0 Å². The van der Waals surface area contributed by atoms with Crippen LogP contribution >= 0.6 is 11.9 Å². The van der Waals surface area contributed by atoms with E-state index < -0.39 is 0 Å². The molecule has 0 aliphatic rings. The predicted octanol–water partition coefficient (Wildman–Crippen LogP) is 2.55. The van der Waals surface area contributed by atoms with Crippen LogP contribution in [0.4, 0.5) is 0 Å². The van der Waals surface area contributed by atoms with E-state index >= 15 is 0 Å². The van der Waals surface area contributed by atoms with Crippen LogP contribution in [0.25, 0.3) is 10.9 Å². The molecule has 2 aromatic rings. The zero-order valence-corrected chi connectivity index (χ0v) is 9.47. The summed E-state index contributed by atoms with van der Waals surface area (Å²) in [7, 11) is 4.00. The summed E-state index contributed by atoms with van der Waals surface area (Å²) in [5.41, 5.74) is 1.72. The Morgan fingerprint density at radius 3 is 2.87 bits per heavy atom. The van der Waals surface area contributed by atoms with Gasteiger partial charge in [0.2, 0.25) is 0 Å². The number of aromatic amines is 1. The first-order valence-electron chi connectivity index (χ1n) is 4.62. The zero-order chi connectivity index (χ0) is 10.8. The van der Waals surface area contributed by atoms with E-state index in [-0.39, 0.29) is 0 Å². The van der Waals surface area contributed by atoms with E-state index in [1.54, 1.807) is 18.1 Å². The Labute approximate surface area is 92.6 Å². The van der Waals surface area contributed by atoms with Gasteiger partial charge in [-0.1, -0.05) is 6.07 Å². The fourth-order valence-corrected chi connectivity index (χ4v) is 2.21. The molecule has 3 nitrogen and oxygen atoms in total. The SMILES string of the molecule is CN(C)Sc1ccc2c(C=O)c[nH]c2c1. The maximum Gasteiger partial charge on any atom is 0.152 e. The molecule has 4 heteroatoms. The molecule has 0 amide bonds. The van der Waals surface area contributed by atoms with Crippen LogP contribution in [-0.2, 0) is 0 Å². The topological polar surface area (TPSA) is 36.1 Å². The van der Waals surface area contributed by atoms with Gasteiger partial charge in [0.05, 0.1) is 0 Å². The van der Waals surface area contributed by atoms with Crippen molar-refractivity contribution in [3.63, 3.8) is 0 Å². The average molecular weight is 220 g/mol. The van der Waals surface area contributed by atoms with Gasteiger partial charge in [-0.15, -0.1) is 0 Å². The van der Waals surface area contributed by atoms with Gasteiger partial charge in [0.15, 0.2) is 6.29 Å². The Morgan fingerprint density at radius 1 is 1.40 bits per heavy atom. The summed E-state index contributed by atoms with van der Waals surface area (Å²) in [6.45, 7) is 0. The fourth-order valence-electron chi connectivity index (χ4n) is 1.49. The lowest BCUT2D eigenvalue weighted by Crippen LogP contribution is -1.98. The lowest BCUT2D eigenvalue weighted by Gasteiger charge is -2.07. The normalized spacial score (nSPS) is 11.1. The number of benzene rings is 1. The minimum absolute atomic E-state index is 0.714. The highest BCUT2D eigenvalue weighted by molar-refractivity contribution is 7.97. The molecule has 0 saturated carbocycles. The van der Waals surface area contributed by atoms with Crippen LogP contribution in [0.2, 0.25) is 0 Å². The second-order valence-electron chi connectivity index (χ2n) is 3.47. The Bertz CT molecular complexity index is 490. The van der Waals surface area contributed by atoms with Crippen molar-refractivity contribution in [1.29, 1.82) is 0 Å². The van der Waals surface area contributed by atoms with Gasteiger partial charge in [0.1, 0.15) is 0 Å². The van der Waals surface area contributed by atoms with Crippen LogP contribution in [-0.4, -0.2) is 29.7 Å². The largest absolute Gasteiger partial charge is 0.360 e. The molecule has 0 saturated heterocycles. The number of rotatable bonds is 3. The summed E-state index contributed by atoms with van der Waals surface area (Å²) < 4.78 is 2.03. The molecule has 15 heavy (non-hydrogen) atoms. The van der Waals surface area contributed by atoms with Gasteiger partial charge in [-0.05, 0) is 38.2 Å². The number of hydrogen-bond donors (Lipinski definition) is 1. The lowest BCUT2D eigenvalue weighted by atomic mass is 10.2. The van der Waals surface area contributed by atoms with Gasteiger partial charge >= 0.3 is 0 Å². The molecule has 0 fully saturated rings. The molecule has 0 radical (unpaired) electrons. The quantitative estimate of drug-likeness (QED) is 0.638. The van der Waals surface area contributed by atoms with Crippen molar-refractivity contribution >= 4 is 29.1 Å². The van der Waals surface area contributed by atoms with Crippen LogP contribution in [0.3, 0.4) is 0 Å². The monoisotopic (exact) mass is 220 g/mol. The van der Waals surface area contributed by atoms with Gasteiger partial charge in [-0.3, -0.25) is 9.10 Å². The van der Waals surface area contributed by atoms with Gasteiger partial charge in [-0.2, -0.15) is 0 Å². The number of aromatic nitrogens is 1. The van der Waals surface area contributed by atoms with E-state index in [9.17, 15) is 4.79 Å². The van der Waals surface area contributed by atoms with Gasteiger partial charge in [0, 0.05) is 27.6 Å². The minimum atomic E-state index is 0.714. The molecule has 1 heterocycles. The highest BCUT2D eigenvalue weighted by Crippen LogP contribution is 2.25. The molecule has 0 bridgehead atoms. The van der Waals surface area contributed by atoms with Crippen molar-refractivity contribution in [3.05, 3.63) is 30.0 Å². The van der Waals surface area contributed by atoms with Crippen molar-refractivity contribution in [3.8, 4) is 0 Å². The van der Waals surface area contributed by atoms with Crippen LogP contribution in [0.15, 0.2) is 29.3 Å². The Balaban J connectivity index is 2.44. The molecule has 1 N–H and O–H groups in total. The van der Waals surface area contributed by atoms with Crippen LogP contribution in [0.5, 0.6) is 0 Å². The molecule has 0 unspecified atom stereocenters. The standard InChI is InChI=1S/C11H12N2OS/c1-13(2)15-9-3-4-10-8(7-14)6-12-11(10)5-9/h3-7,12H,1-2H3. The second-order valence-corrected chi connectivity index (χ2v) is 4.86. The van der Waals surface area contributed by atoms with Crippen LogP contribution in [0.1, 0.15) is 10.4 Å². The first-order chi connectivity index (χ1) is 7.20. The number of carbonyl (C=O) groups excluding carboxylic acids is 1. The molecule has 1 aromatic carbocycles. The minimum Gasteiger partial charge on any atom is -0.360 e. The van der Waals surface area contributed by atoms with Crippen molar-refractivity contribution in [2.24, 2.45) is 0 Å². The predicted molar refractivity (Wildman–Crippen MR) is 63.2 cm³/mol. The summed E-state index contributed by atoms with van der Waals surface area (Å²) in [5.74, 6) is 0. The van der Waals surface area contributed by atoms with Gasteiger partial charge in [0.25, 0.3) is 0 Å². The summed E-state index contributed by atoms with van der Waals surface area (Å²) in [4.78, 5) is 15.0. The zero-order valence-electron chi connectivity index (χ0n) is 8.65. The maximum absolute atomic E-state index is 10.7. The molecule has 0 spiro atoms. The van der Waals surface area contributed by atoms with Crippen LogP contribution < -0.4 is 0 Å². The summed E-state index contributed by atoms with van der Waals surface area (Å²) in [6, 6.07) is 6.04. The third kappa shape index (κ3) is 2.06. The lowest BCUT2D eigenvalue weighted by molar-refractivity contribution is 0.112. The number of carbonyl (C=O) groups is 1. The average Bonchev–Trinajstić information content (AvgIpc) is 2.58. The van der Waals surface area contributed by atoms with E-state index in [4.69, 9.17) is 0 Å². The van der Waals surface area contributed by atoms with Crippen molar-refractivity contribution < 1.29 is 4.79 Å². The third-order valence-electron chi connectivity index (χ3n) is 2.10. The van der Waals surface area contributed by atoms with Gasteiger partial charge < -0.3 is 4.98 Å².